The van der Waals surface area contributed by atoms with E-state index in [1.807, 2.05) is 0 Å². The Morgan fingerprint density at radius 2 is 1.85 bits per heavy atom. The summed E-state index contributed by atoms with van der Waals surface area (Å²) in [7, 11) is 1.34. The van der Waals surface area contributed by atoms with Crippen molar-refractivity contribution >= 4 is 27.5 Å². The topological polar surface area (TPSA) is 189 Å². The zero-order chi connectivity index (χ0) is 28.5. The Balaban J connectivity index is 1.70. The maximum absolute atomic E-state index is 13.7. The fraction of sp³-hybridized carbons (Fsp3) is 0.407. The van der Waals surface area contributed by atoms with Crippen molar-refractivity contribution in [3.8, 4) is 17.2 Å². The van der Waals surface area contributed by atoms with E-state index < -0.39 is 87.4 Å². The Hall–Kier alpha value is -3.00. The van der Waals surface area contributed by atoms with Crippen molar-refractivity contribution in [2.24, 2.45) is 5.73 Å². The lowest BCUT2D eigenvalue weighted by Crippen LogP contribution is -2.59. The highest BCUT2D eigenvalue weighted by atomic mass is 79.9. The monoisotopic (exact) mass is 605 g/mol. The molecule has 3 aliphatic rings. The van der Waals surface area contributed by atoms with E-state index in [4.69, 9.17) is 19.9 Å². The largest absolute Gasteiger partial charge is 0.510 e. The molecule has 5 rings (SSSR count). The number of methoxy groups -OCH3 is 1. The highest BCUT2D eigenvalue weighted by Gasteiger charge is 2.50. The minimum absolute atomic E-state index is 0.0220. The molecule has 208 valence electrons. The summed E-state index contributed by atoms with van der Waals surface area (Å²) in [5.74, 6) is -3.25. The number of halogens is 1. The zero-order valence-corrected chi connectivity index (χ0v) is 22.6. The Labute approximate surface area is 231 Å². The van der Waals surface area contributed by atoms with E-state index in [1.165, 1.54) is 25.3 Å². The van der Waals surface area contributed by atoms with E-state index in [-0.39, 0.29) is 34.4 Å². The number of hydrogen-bond donors (Lipinski definition) is 6. The van der Waals surface area contributed by atoms with Gasteiger partial charge in [0.05, 0.1) is 53.0 Å². The van der Waals surface area contributed by atoms with Crippen LogP contribution in [0.4, 0.5) is 0 Å². The number of nitrogens with two attached hydrogens (primary N) is 1. The van der Waals surface area contributed by atoms with Gasteiger partial charge in [-0.2, -0.15) is 0 Å². The number of phenolic OH excluding ortho intramolecular Hbond substituents is 2. The summed E-state index contributed by atoms with van der Waals surface area (Å²) in [6.45, 7) is 5.04. The molecule has 11 nitrogen and oxygen atoms in total. The molecule has 2 aromatic rings. The second-order valence-corrected chi connectivity index (χ2v) is 11.1. The van der Waals surface area contributed by atoms with E-state index in [0.29, 0.717) is 0 Å². The van der Waals surface area contributed by atoms with Crippen molar-refractivity contribution in [2.45, 2.75) is 60.8 Å². The molecule has 0 bridgehead atoms. The fourth-order valence-electron chi connectivity index (χ4n) is 5.57. The molecular formula is C27H28BrNO10. The number of carbonyl (C=O) groups excluding carboxylic acids is 2. The molecule has 0 unspecified atom stereocenters. The smallest absolute Gasteiger partial charge is 0.202 e. The third-order valence-electron chi connectivity index (χ3n) is 7.76. The standard InChI is InChI=1S/C27H28BrNO10/c1-9-21(31)20(29)19(28)26(38-9)39-14-8-27(36,10(2)30)7-12-16(14)25(35)18-17(23(12)33)22(32)11-5-4-6-13(37-3)15(11)24(18)34/h4-6,9,14,19-21,26,30-31,33,35-36H,2,7-8,29H2,1,3H3/t9-,14-,19+,20-,21-,26-,27-/m0/s1. The predicted molar refractivity (Wildman–Crippen MR) is 140 cm³/mol. The average molecular weight is 606 g/mol. The van der Waals surface area contributed by atoms with Gasteiger partial charge in [-0.15, -0.1) is 0 Å². The van der Waals surface area contributed by atoms with Crippen LogP contribution in [0.25, 0.3) is 0 Å². The van der Waals surface area contributed by atoms with E-state index >= 15 is 0 Å². The molecule has 39 heavy (non-hydrogen) atoms. The van der Waals surface area contributed by atoms with Gasteiger partial charge in [-0.3, -0.25) is 9.59 Å². The van der Waals surface area contributed by atoms with Gasteiger partial charge in [0, 0.05) is 29.5 Å². The van der Waals surface area contributed by atoms with E-state index in [0.717, 1.165) is 0 Å². The normalized spacial score (nSPS) is 31.7. The Morgan fingerprint density at radius 3 is 2.49 bits per heavy atom. The molecule has 7 atom stereocenters. The first-order chi connectivity index (χ1) is 18.3. The molecule has 0 saturated carbocycles. The van der Waals surface area contributed by atoms with Gasteiger partial charge in [0.25, 0.3) is 0 Å². The number of phenols is 2. The van der Waals surface area contributed by atoms with Crippen LogP contribution in [0.15, 0.2) is 30.5 Å². The summed E-state index contributed by atoms with van der Waals surface area (Å²) < 4.78 is 17.2. The van der Waals surface area contributed by atoms with Crippen LogP contribution in [0.5, 0.6) is 17.2 Å². The van der Waals surface area contributed by atoms with Crippen molar-refractivity contribution in [3.05, 3.63) is 63.9 Å². The molecule has 0 aromatic heterocycles. The van der Waals surface area contributed by atoms with Crippen molar-refractivity contribution in [2.75, 3.05) is 7.11 Å². The molecule has 2 aliphatic carbocycles. The van der Waals surface area contributed by atoms with Crippen molar-refractivity contribution < 1.29 is 49.3 Å². The maximum atomic E-state index is 13.7. The minimum atomic E-state index is -2.03. The summed E-state index contributed by atoms with van der Waals surface area (Å²) in [4.78, 5) is 26.5. The van der Waals surface area contributed by atoms with Gasteiger partial charge in [0.15, 0.2) is 12.1 Å². The second-order valence-electron chi connectivity index (χ2n) is 10.1. The molecule has 0 amide bonds. The summed E-state index contributed by atoms with van der Waals surface area (Å²) in [6.07, 6.45) is -4.92. The molecule has 7 N–H and O–H groups in total. The molecule has 2 aromatic carbocycles. The molecule has 1 fully saturated rings. The van der Waals surface area contributed by atoms with E-state index in [9.17, 15) is 35.1 Å². The Kier molecular flexibility index (Phi) is 6.77. The van der Waals surface area contributed by atoms with Gasteiger partial charge < -0.3 is 45.5 Å². The number of fused-ring (bicyclic) bond motifs is 3. The highest BCUT2D eigenvalue weighted by molar-refractivity contribution is 9.09. The first-order valence-corrected chi connectivity index (χ1v) is 13.1. The van der Waals surface area contributed by atoms with Crippen LogP contribution in [-0.4, -0.2) is 79.2 Å². The second kappa shape index (κ2) is 9.58. The van der Waals surface area contributed by atoms with Crippen LogP contribution >= 0.6 is 15.9 Å². The van der Waals surface area contributed by atoms with Crippen molar-refractivity contribution in [1.29, 1.82) is 0 Å². The first-order valence-electron chi connectivity index (χ1n) is 12.2. The molecular weight excluding hydrogens is 578 g/mol. The molecule has 1 aliphatic heterocycles. The SMILES string of the molecule is C=C(O)[C@]1(O)Cc2c(O)c3c(c(O)c2[C@@H](O[C@@H]2O[C@@H](C)[C@H](O)[C@@H](N)[C@H]2Br)C1)C(=O)c1c(OC)cccc1C3=O. The average Bonchev–Trinajstić information content (AvgIpc) is 2.90. The summed E-state index contributed by atoms with van der Waals surface area (Å²) in [5.41, 5.74) is 2.96. The lowest BCUT2D eigenvalue weighted by molar-refractivity contribution is -0.242. The number of ether oxygens (including phenoxy) is 3. The fourth-order valence-corrected chi connectivity index (χ4v) is 6.14. The van der Waals surface area contributed by atoms with Crippen LogP contribution in [0.3, 0.4) is 0 Å². The lowest BCUT2D eigenvalue weighted by atomic mass is 9.72. The van der Waals surface area contributed by atoms with Crippen LogP contribution in [0, 0.1) is 0 Å². The number of ketones is 2. The number of carbonyl (C=O) groups is 2. The number of benzene rings is 2. The van der Waals surface area contributed by atoms with Gasteiger partial charge in [-0.25, -0.2) is 0 Å². The van der Waals surface area contributed by atoms with Crippen LogP contribution < -0.4 is 10.5 Å². The van der Waals surface area contributed by atoms with Gasteiger partial charge in [-0.1, -0.05) is 34.6 Å². The summed E-state index contributed by atoms with van der Waals surface area (Å²) in [6, 6.07) is 3.62. The Morgan fingerprint density at radius 1 is 1.18 bits per heavy atom. The van der Waals surface area contributed by atoms with E-state index in [1.54, 1.807) is 6.92 Å². The van der Waals surface area contributed by atoms with Gasteiger partial charge >= 0.3 is 0 Å². The molecule has 1 heterocycles. The minimum Gasteiger partial charge on any atom is -0.510 e. The van der Waals surface area contributed by atoms with Crippen molar-refractivity contribution in [3.63, 3.8) is 0 Å². The van der Waals surface area contributed by atoms with Gasteiger partial charge in [-0.05, 0) is 13.0 Å². The molecule has 0 spiro atoms. The van der Waals surface area contributed by atoms with E-state index in [2.05, 4.69) is 22.5 Å². The first kappa shape index (κ1) is 27.6. The predicted octanol–water partition coefficient (Wildman–Crippen LogP) is 1.88. The number of alkyl halides is 1. The Bertz CT molecular complexity index is 1410. The maximum Gasteiger partial charge on any atom is 0.202 e. The highest BCUT2D eigenvalue weighted by Crippen LogP contribution is 2.53. The number of aliphatic hydroxyl groups is 3. The van der Waals surface area contributed by atoms with Crippen LogP contribution in [0.1, 0.15) is 62.4 Å². The van der Waals surface area contributed by atoms with Gasteiger partial charge in [0.1, 0.15) is 28.6 Å². The number of hydrogen-bond acceptors (Lipinski definition) is 11. The zero-order valence-electron chi connectivity index (χ0n) is 21.1. The third kappa shape index (κ3) is 4.05. The van der Waals surface area contributed by atoms with Crippen molar-refractivity contribution in [1.82, 2.24) is 0 Å². The number of aromatic hydroxyl groups is 2. The third-order valence-corrected chi connectivity index (χ3v) is 8.81. The number of aliphatic hydroxyl groups excluding tert-OH is 2. The number of rotatable bonds is 4. The molecule has 0 radical (unpaired) electrons. The summed E-state index contributed by atoms with van der Waals surface area (Å²) in [5, 5.41) is 54.7. The summed E-state index contributed by atoms with van der Waals surface area (Å²) >= 11 is 3.37. The molecule has 12 heteroatoms. The lowest BCUT2D eigenvalue weighted by Gasteiger charge is -2.44. The quantitative estimate of drug-likeness (QED) is 0.145. The van der Waals surface area contributed by atoms with Gasteiger partial charge in [0.2, 0.25) is 5.78 Å². The van der Waals surface area contributed by atoms with Crippen LogP contribution in [-0.2, 0) is 15.9 Å². The molecule has 1 saturated heterocycles. The van der Waals surface area contributed by atoms with Crippen LogP contribution in [0.2, 0.25) is 0 Å².